The zero-order chi connectivity index (χ0) is 12.8. The number of methoxy groups -OCH3 is 1. The molecule has 2 aromatic rings. The van der Waals surface area contributed by atoms with Gasteiger partial charge in [0.25, 0.3) is 0 Å². The highest BCUT2D eigenvalue weighted by molar-refractivity contribution is 6.10. The molecule has 0 saturated heterocycles. The van der Waals surface area contributed by atoms with Crippen molar-refractivity contribution >= 4 is 5.78 Å². The summed E-state index contributed by atoms with van der Waals surface area (Å²) in [7, 11) is 1.54. The smallest absolute Gasteiger partial charge is 0.196 e. The molecule has 0 radical (unpaired) electrons. The fourth-order valence-corrected chi connectivity index (χ4v) is 1.65. The first kappa shape index (κ1) is 12.3. The predicted molar refractivity (Wildman–Crippen MR) is 68.8 cm³/mol. The summed E-state index contributed by atoms with van der Waals surface area (Å²) in [5.41, 5.74) is 1.19. The Morgan fingerprint density at radius 1 is 1.00 bits per heavy atom. The first-order valence-electron chi connectivity index (χ1n) is 5.63. The largest absolute Gasteiger partial charge is 0.467 e. The van der Waals surface area contributed by atoms with Crippen LogP contribution in [0.2, 0.25) is 0 Å². The van der Waals surface area contributed by atoms with Crippen LogP contribution in [0.3, 0.4) is 0 Å². The first-order chi connectivity index (χ1) is 8.83. The molecule has 0 bridgehead atoms. The summed E-state index contributed by atoms with van der Waals surface area (Å²) < 4.78 is 10.2. The van der Waals surface area contributed by atoms with Gasteiger partial charge in [0, 0.05) is 12.7 Å². The second-order valence-corrected chi connectivity index (χ2v) is 3.74. The Labute approximate surface area is 106 Å². The number of rotatable bonds is 5. The third kappa shape index (κ3) is 2.76. The maximum atomic E-state index is 12.3. The van der Waals surface area contributed by atoms with Gasteiger partial charge in [-0.1, -0.05) is 42.5 Å². The molecule has 0 heterocycles. The number of benzene rings is 2. The molecule has 0 aliphatic carbocycles. The van der Waals surface area contributed by atoms with E-state index in [9.17, 15) is 4.79 Å². The summed E-state index contributed by atoms with van der Waals surface area (Å²) in [5.74, 6) is 0.482. The lowest BCUT2D eigenvalue weighted by Crippen LogP contribution is -2.07. The van der Waals surface area contributed by atoms with Crippen LogP contribution in [-0.4, -0.2) is 19.7 Å². The molecule has 2 rings (SSSR count). The summed E-state index contributed by atoms with van der Waals surface area (Å²) >= 11 is 0. The minimum Gasteiger partial charge on any atom is -0.467 e. The summed E-state index contributed by atoms with van der Waals surface area (Å²) in [6, 6.07) is 16.3. The number of hydrogen-bond donors (Lipinski definition) is 0. The number of ether oxygens (including phenoxy) is 2. The van der Waals surface area contributed by atoms with E-state index in [2.05, 4.69) is 0 Å². The number of ketones is 1. The van der Waals surface area contributed by atoms with Gasteiger partial charge in [-0.05, 0) is 12.1 Å². The third-order valence-electron chi connectivity index (χ3n) is 2.50. The molecule has 0 aliphatic rings. The van der Waals surface area contributed by atoms with Crippen molar-refractivity contribution < 1.29 is 14.3 Å². The van der Waals surface area contributed by atoms with E-state index in [-0.39, 0.29) is 12.6 Å². The van der Waals surface area contributed by atoms with Crippen molar-refractivity contribution in [1.29, 1.82) is 0 Å². The highest BCUT2D eigenvalue weighted by Gasteiger charge is 2.13. The molecule has 18 heavy (non-hydrogen) atoms. The Morgan fingerprint density at radius 2 is 1.67 bits per heavy atom. The molecule has 3 heteroatoms. The van der Waals surface area contributed by atoms with Crippen LogP contribution < -0.4 is 4.74 Å². The molecule has 0 amide bonds. The number of carbonyl (C=O) groups excluding carboxylic acids is 1. The Hall–Kier alpha value is -2.13. The third-order valence-corrected chi connectivity index (χ3v) is 2.50. The van der Waals surface area contributed by atoms with Crippen molar-refractivity contribution in [3.8, 4) is 5.75 Å². The SMILES string of the molecule is COCOc1ccccc1C(=O)c1ccccc1. The highest BCUT2D eigenvalue weighted by Crippen LogP contribution is 2.21. The van der Waals surface area contributed by atoms with Crippen LogP contribution in [-0.2, 0) is 4.74 Å². The molecule has 0 fully saturated rings. The van der Waals surface area contributed by atoms with Crippen LogP contribution in [0, 0.1) is 0 Å². The van der Waals surface area contributed by atoms with Gasteiger partial charge in [0.05, 0.1) is 5.56 Å². The van der Waals surface area contributed by atoms with Crippen LogP contribution >= 0.6 is 0 Å². The number of para-hydroxylation sites is 1. The molecule has 0 N–H and O–H groups in total. The Balaban J connectivity index is 2.30. The van der Waals surface area contributed by atoms with Gasteiger partial charge < -0.3 is 9.47 Å². The van der Waals surface area contributed by atoms with E-state index >= 15 is 0 Å². The highest BCUT2D eigenvalue weighted by atomic mass is 16.7. The molecular formula is C15H14O3. The predicted octanol–water partition coefficient (Wildman–Crippen LogP) is 2.90. The minimum atomic E-state index is -0.0534. The molecule has 3 nitrogen and oxygen atoms in total. The quantitative estimate of drug-likeness (QED) is 0.597. The number of hydrogen-bond acceptors (Lipinski definition) is 3. The van der Waals surface area contributed by atoms with Crippen LogP contribution in [0.15, 0.2) is 54.6 Å². The van der Waals surface area contributed by atoms with Gasteiger partial charge in [0.15, 0.2) is 12.6 Å². The maximum absolute atomic E-state index is 12.3. The first-order valence-corrected chi connectivity index (χ1v) is 5.63. The lowest BCUT2D eigenvalue weighted by Gasteiger charge is -2.09. The second kappa shape index (κ2) is 5.98. The van der Waals surface area contributed by atoms with E-state index in [0.717, 1.165) is 0 Å². The van der Waals surface area contributed by atoms with Gasteiger partial charge in [-0.15, -0.1) is 0 Å². The topological polar surface area (TPSA) is 35.5 Å². The van der Waals surface area contributed by atoms with E-state index in [0.29, 0.717) is 16.9 Å². The van der Waals surface area contributed by atoms with Crippen LogP contribution in [0.4, 0.5) is 0 Å². The zero-order valence-electron chi connectivity index (χ0n) is 10.1. The van der Waals surface area contributed by atoms with Crippen LogP contribution in [0.5, 0.6) is 5.75 Å². The average molecular weight is 242 g/mol. The van der Waals surface area contributed by atoms with Crippen molar-refractivity contribution in [1.82, 2.24) is 0 Å². The van der Waals surface area contributed by atoms with Gasteiger partial charge in [-0.3, -0.25) is 4.79 Å². The van der Waals surface area contributed by atoms with Crippen molar-refractivity contribution in [3.05, 3.63) is 65.7 Å². The number of carbonyl (C=O) groups is 1. The van der Waals surface area contributed by atoms with Crippen molar-refractivity contribution in [2.45, 2.75) is 0 Å². The molecule has 0 atom stereocenters. The second-order valence-electron chi connectivity index (χ2n) is 3.74. The molecule has 0 aromatic heterocycles. The molecule has 0 spiro atoms. The Kier molecular flexibility index (Phi) is 4.10. The van der Waals surface area contributed by atoms with Gasteiger partial charge in [-0.2, -0.15) is 0 Å². The van der Waals surface area contributed by atoms with E-state index < -0.39 is 0 Å². The average Bonchev–Trinajstić information content (AvgIpc) is 2.45. The van der Waals surface area contributed by atoms with Crippen LogP contribution in [0.1, 0.15) is 15.9 Å². The fourth-order valence-electron chi connectivity index (χ4n) is 1.65. The molecule has 0 unspecified atom stereocenters. The van der Waals surface area contributed by atoms with Gasteiger partial charge in [-0.25, -0.2) is 0 Å². The maximum Gasteiger partial charge on any atom is 0.196 e. The normalized spacial score (nSPS) is 10.1. The summed E-state index contributed by atoms with van der Waals surface area (Å²) in [6.07, 6.45) is 0. The van der Waals surface area contributed by atoms with E-state index in [1.807, 2.05) is 30.3 Å². The van der Waals surface area contributed by atoms with Crippen LogP contribution in [0.25, 0.3) is 0 Å². The van der Waals surface area contributed by atoms with E-state index in [4.69, 9.17) is 9.47 Å². The zero-order valence-corrected chi connectivity index (χ0v) is 10.1. The molecule has 0 aliphatic heterocycles. The minimum absolute atomic E-state index is 0.0534. The fraction of sp³-hybridized carbons (Fsp3) is 0.133. The van der Waals surface area contributed by atoms with E-state index in [1.54, 1.807) is 31.4 Å². The summed E-state index contributed by atoms with van der Waals surface area (Å²) in [5, 5.41) is 0. The molecule has 92 valence electrons. The van der Waals surface area contributed by atoms with Gasteiger partial charge in [0.1, 0.15) is 5.75 Å². The van der Waals surface area contributed by atoms with Crippen molar-refractivity contribution in [2.75, 3.05) is 13.9 Å². The summed E-state index contributed by atoms with van der Waals surface area (Å²) in [4.78, 5) is 12.3. The van der Waals surface area contributed by atoms with Gasteiger partial charge in [0.2, 0.25) is 0 Å². The lowest BCUT2D eigenvalue weighted by atomic mass is 10.0. The monoisotopic (exact) mass is 242 g/mol. The summed E-state index contributed by atoms with van der Waals surface area (Å²) in [6.45, 7) is 0.124. The Bertz CT molecular complexity index is 520. The van der Waals surface area contributed by atoms with Crippen molar-refractivity contribution in [3.63, 3.8) is 0 Å². The van der Waals surface area contributed by atoms with Crippen molar-refractivity contribution in [2.24, 2.45) is 0 Å². The van der Waals surface area contributed by atoms with E-state index in [1.165, 1.54) is 0 Å². The molecule has 0 saturated carbocycles. The lowest BCUT2D eigenvalue weighted by molar-refractivity contribution is 0.0503. The van der Waals surface area contributed by atoms with Gasteiger partial charge >= 0.3 is 0 Å². The molecular weight excluding hydrogens is 228 g/mol. The molecule has 2 aromatic carbocycles. The Morgan fingerprint density at radius 3 is 2.39 bits per heavy atom. The standard InChI is InChI=1S/C15H14O3/c1-17-11-18-14-10-6-5-9-13(14)15(16)12-7-3-2-4-8-12/h2-10H,11H2,1H3.